The predicted molar refractivity (Wildman–Crippen MR) is 117 cm³/mol. The first-order valence-corrected chi connectivity index (χ1v) is 10.4. The molecule has 1 N–H and O–H groups in total. The van der Waals surface area contributed by atoms with Gasteiger partial charge in [0.25, 0.3) is 5.91 Å². The third-order valence-electron chi connectivity index (χ3n) is 4.27. The Morgan fingerprint density at radius 3 is 2.52 bits per heavy atom. The zero-order chi connectivity index (χ0) is 21.1. The molecule has 5 nitrogen and oxygen atoms in total. The second-order valence-corrected chi connectivity index (χ2v) is 8.52. The number of anilines is 1. The summed E-state index contributed by atoms with van der Waals surface area (Å²) >= 11 is 4.62. The van der Waals surface area contributed by atoms with E-state index in [-0.39, 0.29) is 24.2 Å². The smallest absolute Gasteiger partial charge is 0.266 e. The van der Waals surface area contributed by atoms with Crippen molar-refractivity contribution in [3.63, 3.8) is 0 Å². The van der Waals surface area contributed by atoms with Crippen molar-refractivity contribution in [1.82, 2.24) is 9.88 Å². The zero-order valence-corrected chi connectivity index (χ0v) is 18.5. The molecule has 3 rings (SSSR count). The van der Waals surface area contributed by atoms with Crippen molar-refractivity contribution in [2.24, 2.45) is 0 Å². The third kappa shape index (κ3) is 5.07. The number of carbonyl (C=O) groups is 2. The molecule has 29 heavy (non-hydrogen) atoms. The average Bonchev–Trinajstić information content (AvgIpc) is 3.05. The highest BCUT2D eigenvalue weighted by Gasteiger charge is 2.21. The van der Waals surface area contributed by atoms with Gasteiger partial charge in [-0.3, -0.25) is 9.59 Å². The lowest BCUT2D eigenvalue weighted by atomic mass is 10.2. The summed E-state index contributed by atoms with van der Waals surface area (Å²) in [5.41, 5.74) is 2.94. The predicted octanol–water partition coefficient (Wildman–Crippen LogP) is 5.04. The Labute approximate surface area is 180 Å². The molecule has 0 fully saturated rings. The summed E-state index contributed by atoms with van der Waals surface area (Å²) in [6.07, 6.45) is 0. The van der Waals surface area contributed by atoms with Gasteiger partial charge >= 0.3 is 0 Å². The fourth-order valence-electron chi connectivity index (χ4n) is 2.73. The molecule has 0 aliphatic heterocycles. The van der Waals surface area contributed by atoms with Crippen LogP contribution in [0.1, 0.15) is 20.9 Å². The lowest BCUT2D eigenvalue weighted by molar-refractivity contribution is -0.116. The molecule has 150 valence electrons. The lowest BCUT2D eigenvalue weighted by Crippen LogP contribution is -2.35. The Bertz CT molecular complexity index is 1070. The van der Waals surface area contributed by atoms with Crippen molar-refractivity contribution < 1.29 is 14.0 Å². The molecule has 3 aromatic rings. The Morgan fingerprint density at radius 2 is 1.86 bits per heavy atom. The maximum Gasteiger partial charge on any atom is 0.266 e. The zero-order valence-electron chi connectivity index (χ0n) is 16.1. The Balaban J connectivity index is 1.69. The van der Waals surface area contributed by atoms with Gasteiger partial charge < -0.3 is 10.2 Å². The average molecular weight is 476 g/mol. The van der Waals surface area contributed by atoms with Gasteiger partial charge in [-0.15, -0.1) is 11.3 Å². The number of aromatic nitrogens is 1. The number of hydrogen-bond donors (Lipinski definition) is 1. The van der Waals surface area contributed by atoms with E-state index >= 15 is 0 Å². The molecule has 0 aliphatic rings. The Hall–Kier alpha value is -2.58. The van der Waals surface area contributed by atoms with Crippen molar-refractivity contribution >= 4 is 44.8 Å². The standard InChI is InChI=1S/C21H19BrFN3O2S/c1-12-10-15(22)6-9-17(12)25-18(27)11-26(3)21(28)19-13(2)24-20(29-19)14-4-7-16(23)8-5-14/h4-10H,11H2,1-3H3,(H,25,27). The molecule has 0 spiro atoms. The molecule has 0 bridgehead atoms. The molecule has 0 unspecified atom stereocenters. The largest absolute Gasteiger partial charge is 0.332 e. The highest BCUT2D eigenvalue weighted by Crippen LogP contribution is 2.29. The van der Waals surface area contributed by atoms with E-state index in [2.05, 4.69) is 26.2 Å². The quantitative estimate of drug-likeness (QED) is 0.562. The topological polar surface area (TPSA) is 62.3 Å². The number of likely N-dealkylation sites (N-methyl/N-ethyl adjacent to an activating group) is 1. The second kappa shape index (κ2) is 8.84. The van der Waals surface area contributed by atoms with E-state index in [0.29, 0.717) is 21.3 Å². The van der Waals surface area contributed by atoms with Gasteiger partial charge in [0.15, 0.2) is 0 Å². The van der Waals surface area contributed by atoms with Crippen molar-refractivity contribution in [2.45, 2.75) is 13.8 Å². The molecule has 1 heterocycles. The highest BCUT2D eigenvalue weighted by atomic mass is 79.9. The summed E-state index contributed by atoms with van der Waals surface area (Å²) in [5, 5.41) is 3.46. The van der Waals surface area contributed by atoms with Crippen LogP contribution in [0, 0.1) is 19.7 Å². The van der Waals surface area contributed by atoms with Crippen LogP contribution in [0.15, 0.2) is 46.9 Å². The van der Waals surface area contributed by atoms with E-state index in [0.717, 1.165) is 15.6 Å². The molecular weight excluding hydrogens is 457 g/mol. The SMILES string of the molecule is Cc1cc(Br)ccc1NC(=O)CN(C)C(=O)c1sc(-c2ccc(F)cc2)nc1C. The summed E-state index contributed by atoms with van der Waals surface area (Å²) < 4.78 is 14.1. The van der Waals surface area contributed by atoms with Crippen molar-refractivity contribution in [3.05, 3.63) is 68.9 Å². The summed E-state index contributed by atoms with van der Waals surface area (Å²) in [7, 11) is 1.58. The minimum absolute atomic E-state index is 0.0858. The number of thiazole rings is 1. The Morgan fingerprint density at radius 1 is 1.17 bits per heavy atom. The van der Waals surface area contributed by atoms with Crippen LogP contribution in [-0.4, -0.2) is 35.3 Å². The third-order valence-corrected chi connectivity index (χ3v) is 5.96. The van der Waals surface area contributed by atoms with Crippen LogP contribution < -0.4 is 5.32 Å². The van der Waals surface area contributed by atoms with Gasteiger partial charge in [-0.2, -0.15) is 0 Å². The van der Waals surface area contributed by atoms with Crippen molar-refractivity contribution in [2.75, 3.05) is 18.9 Å². The molecule has 0 radical (unpaired) electrons. The molecule has 8 heteroatoms. The highest BCUT2D eigenvalue weighted by molar-refractivity contribution is 9.10. The first-order valence-electron chi connectivity index (χ1n) is 8.79. The molecule has 2 aromatic carbocycles. The molecule has 0 aliphatic carbocycles. The van der Waals surface area contributed by atoms with Crippen LogP contribution in [0.2, 0.25) is 0 Å². The summed E-state index contributed by atoms with van der Waals surface area (Å²) in [6.45, 7) is 3.56. The summed E-state index contributed by atoms with van der Waals surface area (Å²) in [5.74, 6) is -0.895. The Kier molecular flexibility index (Phi) is 6.44. The number of benzene rings is 2. The van der Waals surface area contributed by atoms with E-state index in [1.54, 1.807) is 32.2 Å². The number of nitrogens with zero attached hydrogens (tertiary/aromatic N) is 2. The maximum atomic E-state index is 13.1. The summed E-state index contributed by atoms with van der Waals surface area (Å²) in [6, 6.07) is 11.5. The van der Waals surface area contributed by atoms with Gasteiger partial charge in [-0.1, -0.05) is 15.9 Å². The van der Waals surface area contributed by atoms with Gasteiger partial charge in [0.2, 0.25) is 5.91 Å². The van der Waals surface area contributed by atoms with Crippen molar-refractivity contribution in [3.8, 4) is 10.6 Å². The molecule has 0 saturated carbocycles. The molecule has 0 atom stereocenters. The van der Waals surface area contributed by atoms with E-state index in [9.17, 15) is 14.0 Å². The first kappa shape index (κ1) is 21.1. The van der Waals surface area contributed by atoms with E-state index in [1.165, 1.54) is 28.4 Å². The minimum atomic E-state index is -0.329. The number of amides is 2. The maximum absolute atomic E-state index is 13.1. The fourth-order valence-corrected chi connectivity index (χ4v) is 4.27. The summed E-state index contributed by atoms with van der Waals surface area (Å²) in [4.78, 5) is 31.4. The van der Waals surface area contributed by atoms with Gasteiger partial charge in [-0.25, -0.2) is 9.37 Å². The molecule has 1 aromatic heterocycles. The van der Waals surface area contributed by atoms with Crippen LogP contribution in [0.4, 0.5) is 10.1 Å². The van der Waals surface area contributed by atoms with Crippen LogP contribution >= 0.6 is 27.3 Å². The fraction of sp³-hybridized carbons (Fsp3) is 0.190. The van der Waals surface area contributed by atoms with Crippen LogP contribution in [0.25, 0.3) is 10.6 Å². The number of halogens is 2. The van der Waals surface area contributed by atoms with E-state index in [4.69, 9.17) is 0 Å². The number of nitrogens with one attached hydrogen (secondary N) is 1. The number of rotatable bonds is 5. The van der Waals surface area contributed by atoms with E-state index < -0.39 is 0 Å². The molecular formula is C21H19BrFN3O2S. The van der Waals surface area contributed by atoms with Gasteiger partial charge in [0, 0.05) is 22.8 Å². The molecule has 0 saturated heterocycles. The number of hydrogen-bond acceptors (Lipinski definition) is 4. The van der Waals surface area contributed by atoms with Gasteiger partial charge in [-0.05, 0) is 61.9 Å². The van der Waals surface area contributed by atoms with Gasteiger partial charge in [0.1, 0.15) is 15.7 Å². The number of aryl methyl sites for hydroxylation is 2. The first-order chi connectivity index (χ1) is 13.7. The minimum Gasteiger partial charge on any atom is -0.332 e. The monoisotopic (exact) mass is 475 g/mol. The van der Waals surface area contributed by atoms with Crippen LogP contribution in [-0.2, 0) is 4.79 Å². The van der Waals surface area contributed by atoms with Gasteiger partial charge in [0.05, 0.1) is 12.2 Å². The molecule has 2 amide bonds. The van der Waals surface area contributed by atoms with Crippen LogP contribution in [0.5, 0.6) is 0 Å². The number of carbonyl (C=O) groups excluding carboxylic acids is 2. The van der Waals surface area contributed by atoms with E-state index in [1.807, 2.05) is 19.1 Å². The lowest BCUT2D eigenvalue weighted by Gasteiger charge is -2.17. The second-order valence-electron chi connectivity index (χ2n) is 6.61. The normalized spacial score (nSPS) is 10.7. The van der Waals surface area contributed by atoms with Crippen LogP contribution in [0.3, 0.4) is 0 Å². The van der Waals surface area contributed by atoms with Crippen molar-refractivity contribution in [1.29, 1.82) is 0 Å².